The summed E-state index contributed by atoms with van der Waals surface area (Å²) in [7, 11) is 0. The number of nitrogens with zero attached hydrogens (tertiary/aromatic N) is 1. The number of benzene rings is 2. The number of rotatable bonds is 2. The third-order valence-electron chi connectivity index (χ3n) is 3.26. The number of hydrogen-bond donors (Lipinski definition) is 0. The highest BCUT2D eigenvalue weighted by Gasteiger charge is 2.15. The standard InChI is InChI=1S/C16H10BrNO2S/c17-12-4-1-10(2-5-12)16-18-13(8-21-16)11-3-6-14-15(7-11)20-9-19-14/h1-8H,9H2. The fourth-order valence-electron chi connectivity index (χ4n) is 2.19. The van der Waals surface area contributed by atoms with Crippen LogP contribution in [0.25, 0.3) is 21.8 Å². The van der Waals surface area contributed by atoms with E-state index >= 15 is 0 Å². The molecule has 1 aliphatic rings. The largest absolute Gasteiger partial charge is 0.454 e. The lowest BCUT2D eigenvalue weighted by Gasteiger charge is -2.00. The quantitative estimate of drug-likeness (QED) is 0.647. The fourth-order valence-corrected chi connectivity index (χ4v) is 3.29. The van der Waals surface area contributed by atoms with Crippen molar-refractivity contribution in [2.75, 3.05) is 6.79 Å². The van der Waals surface area contributed by atoms with Crippen LogP contribution in [-0.2, 0) is 0 Å². The van der Waals surface area contributed by atoms with Crippen LogP contribution >= 0.6 is 27.3 Å². The van der Waals surface area contributed by atoms with Crippen LogP contribution in [0.5, 0.6) is 11.5 Å². The molecule has 2 heterocycles. The summed E-state index contributed by atoms with van der Waals surface area (Å²) in [5.41, 5.74) is 3.12. The van der Waals surface area contributed by atoms with Crippen LogP contribution in [0.3, 0.4) is 0 Å². The highest BCUT2D eigenvalue weighted by atomic mass is 79.9. The smallest absolute Gasteiger partial charge is 0.231 e. The van der Waals surface area contributed by atoms with Gasteiger partial charge in [-0.1, -0.05) is 28.1 Å². The topological polar surface area (TPSA) is 31.4 Å². The van der Waals surface area contributed by atoms with E-state index in [2.05, 4.69) is 33.4 Å². The molecule has 21 heavy (non-hydrogen) atoms. The van der Waals surface area contributed by atoms with Gasteiger partial charge in [0, 0.05) is 21.0 Å². The molecule has 0 radical (unpaired) electrons. The maximum Gasteiger partial charge on any atom is 0.231 e. The molecule has 0 saturated heterocycles. The summed E-state index contributed by atoms with van der Waals surface area (Å²) >= 11 is 5.08. The Hall–Kier alpha value is -1.85. The molecule has 0 N–H and O–H groups in total. The van der Waals surface area contributed by atoms with E-state index in [0.717, 1.165) is 37.8 Å². The van der Waals surface area contributed by atoms with Crippen LogP contribution < -0.4 is 9.47 Å². The van der Waals surface area contributed by atoms with Crippen LogP contribution in [0.2, 0.25) is 0 Å². The first-order chi connectivity index (χ1) is 10.3. The van der Waals surface area contributed by atoms with Crippen LogP contribution in [0.1, 0.15) is 0 Å². The lowest BCUT2D eigenvalue weighted by Crippen LogP contribution is -1.92. The van der Waals surface area contributed by atoms with Crippen molar-refractivity contribution in [2.24, 2.45) is 0 Å². The summed E-state index contributed by atoms with van der Waals surface area (Å²) in [4.78, 5) is 4.71. The van der Waals surface area contributed by atoms with Gasteiger partial charge in [-0.3, -0.25) is 0 Å². The van der Waals surface area contributed by atoms with Gasteiger partial charge in [0.15, 0.2) is 11.5 Å². The number of thiazole rings is 1. The van der Waals surface area contributed by atoms with Gasteiger partial charge in [0.1, 0.15) is 5.01 Å². The third-order valence-corrected chi connectivity index (χ3v) is 4.68. The fraction of sp³-hybridized carbons (Fsp3) is 0.0625. The molecule has 0 spiro atoms. The van der Waals surface area contributed by atoms with Gasteiger partial charge in [-0.05, 0) is 30.3 Å². The van der Waals surface area contributed by atoms with Gasteiger partial charge in [-0.15, -0.1) is 11.3 Å². The Balaban J connectivity index is 1.69. The van der Waals surface area contributed by atoms with Crippen LogP contribution in [0, 0.1) is 0 Å². The Morgan fingerprint density at radius 3 is 2.57 bits per heavy atom. The summed E-state index contributed by atoms with van der Waals surface area (Å²) in [6, 6.07) is 14.1. The first-order valence-corrected chi connectivity index (χ1v) is 8.08. The maximum atomic E-state index is 5.41. The summed E-state index contributed by atoms with van der Waals surface area (Å²) in [6.45, 7) is 0.292. The Kier molecular flexibility index (Phi) is 3.16. The van der Waals surface area contributed by atoms with E-state index in [1.165, 1.54) is 0 Å². The molecule has 0 unspecified atom stereocenters. The molecule has 2 aromatic carbocycles. The monoisotopic (exact) mass is 359 g/mol. The predicted molar refractivity (Wildman–Crippen MR) is 86.8 cm³/mol. The zero-order chi connectivity index (χ0) is 14.2. The Bertz CT molecular complexity index is 798. The number of aromatic nitrogens is 1. The van der Waals surface area contributed by atoms with Gasteiger partial charge in [0.25, 0.3) is 0 Å². The molecule has 0 amide bonds. The van der Waals surface area contributed by atoms with E-state index < -0.39 is 0 Å². The molecule has 1 aliphatic heterocycles. The van der Waals surface area contributed by atoms with Gasteiger partial charge in [-0.25, -0.2) is 4.98 Å². The molecule has 0 atom stereocenters. The number of fused-ring (bicyclic) bond motifs is 1. The van der Waals surface area contributed by atoms with Gasteiger partial charge in [0.2, 0.25) is 6.79 Å². The molecule has 0 bridgehead atoms. The highest BCUT2D eigenvalue weighted by Crippen LogP contribution is 2.37. The molecule has 5 heteroatoms. The van der Waals surface area contributed by atoms with Crippen LogP contribution in [0.15, 0.2) is 52.3 Å². The molecule has 1 aromatic heterocycles. The Morgan fingerprint density at radius 2 is 1.71 bits per heavy atom. The normalized spacial score (nSPS) is 12.6. The van der Waals surface area contributed by atoms with Crippen molar-refractivity contribution < 1.29 is 9.47 Å². The number of ether oxygens (including phenoxy) is 2. The predicted octanol–water partition coefficient (Wildman–Crippen LogP) is 4.97. The zero-order valence-corrected chi connectivity index (χ0v) is 13.3. The molecular weight excluding hydrogens is 350 g/mol. The van der Waals surface area contributed by atoms with Crippen molar-refractivity contribution in [2.45, 2.75) is 0 Å². The summed E-state index contributed by atoms with van der Waals surface area (Å²) in [5, 5.41) is 3.07. The van der Waals surface area contributed by atoms with E-state index in [1.807, 2.05) is 30.3 Å². The minimum absolute atomic E-state index is 0.292. The lowest BCUT2D eigenvalue weighted by atomic mass is 10.1. The van der Waals surface area contributed by atoms with Crippen molar-refractivity contribution in [1.29, 1.82) is 0 Å². The zero-order valence-electron chi connectivity index (χ0n) is 10.9. The van der Waals surface area contributed by atoms with E-state index in [4.69, 9.17) is 14.5 Å². The van der Waals surface area contributed by atoms with Crippen LogP contribution in [-0.4, -0.2) is 11.8 Å². The number of hydrogen-bond acceptors (Lipinski definition) is 4. The van der Waals surface area contributed by atoms with Crippen molar-refractivity contribution >= 4 is 27.3 Å². The molecule has 3 aromatic rings. The van der Waals surface area contributed by atoms with E-state index in [1.54, 1.807) is 11.3 Å². The minimum Gasteiger partial charge on any atom is -0.454 e. The summed E-state index contributed by atoms with van der Waals surface area (Å²) < 4.78 is 11.8. The van der Waals surface area contributed by atoms with Gasteiger partial charge < -0.3 is 9.47 Å². The van der Waals surface area contributed by atoms with Gasteiger partial charge in [0.05, 0.1) is 5.69 Å². The molecule has 3 nitrogen and oxygen atoms in total. The average Bonchev–Trinajstić information content (AvgIpc) is 3.16. The van der Waals surface area contributed by atoms with Gasteiger partial charge in [-0.2, -0.15) is 0 Å². The van der Waals surface area contributed by atoms with Crippen molar-refractivity contribution in [3.8, 4) is 33.3 Å². The molecule has 0 aliphatic carbocycles. The molecule has 104 valence electrons. The molecular formula is C16H10BrNO2S. The minimum atomic E-state index is 0.292. The molecule has 0 saturated carbocycles. The van der Waals surface area contributed by atoms with E-state index in [-0.39, 0.29) is 0 Å². The van der Waals surface area contributed by atoms with E-state index in [9.17, 15) is 0 Å². The first-order valence-electron chi connectivity index (χ1n) is 6.41. The SMILES string of the molecule is Brc1ccc(-c2nc(-c3ccc4c(c3)OCO4)cs2)cc1. The highest BCUT2D eigenvalue weighted by molar-refractivity contribution is 9.10. The van der Waals surface area contributed by atoms with Crippen molar-refractivity contribution in [3.05, 3.63) is 52.3 Å². The first kappa shape index (κ1) is 12.9. The second-order valence-corrected chi connectivity index (χ2v) is 6.39. The average molecular weight is 360 g/mol. The van der Waals surface area contributed by atoms with Crippen molar-refractivity contribution in [3.63, 3.8) is 0 Å². The Morgan fingerprint density at radius 1 is 0.952 bits per heavy atom. The third kappa shape index (κ3) is 2.43. The molecule has 0 fully saturated rings. The molecule has 4 rings (SSSR count). The van der Waals surface area contributed by atoms with Gasteiger partial charge >= 0.3 is 0 Å². The second-order valence-electron chi connectivity index (χ2n) is 4.61. The van der Waals surface area contributed by atoms with Crippen LogP contribution in [0.4, 0.5) is 0 Å². The number of halogens is 1. The second kappa shape index (κ2) is 5.16. The van der Waals surface area contributed by atoms with Crippen molar-refractivity contribution in [1.82, 2.24) is 4.98 Å². The summed E-state index contributed by atoms with van der Waals surface area (Å²) in [6.07, 6.45) is 0. The Labute approximate surface area is 134 Å². The summed E-state index contributed by atoms with van der Waals surface area (Å²) in [5.74, 6) is 1.58. The van der Waals surface area contributed by atoms with E-state index in [0.29, 0.717) is 6.79 Å². The lowest BCUT2D eigenvalue weighted by molar-refractivity contribution is 0.174. The maximum absolute atomic E-state index is 5.41.